The summed E-state index contributed by atoms with van der Waals surface area (Å²) in [6.07, 6.45) is 1.07. The minimum atomic E-state index is 0.0278. The molecule has 2 heterocycles. The molecule has 5 heteroatoms. The highest BCUT2D eigenvalue weighted by atomic mass is 16.7. The van der Waals surface area contributed by atoms with Crippen molar-refractivity contribution in [2.45, 2.75) is 19.4 Å². The van der Waals surface area contributed by atoms with Gasteiger partial charge in [0.1, 0.15) is 0 Å². The quantitative estimate of drug-likeness (QED) is 0.814. The van der Waals surface area contributed by atoms with Crippen molar-refractivity contribution in [3.05, 3.63) is 23.8 Å². The van der Waals surface area contributed by atoms with Gasteiger partial charge in [-0.25, -0.2) is 0 Å². The molecule has 1 saturated heterocycles. The molecule has 19 heavy (non-hydrogen) atoms. The second-order valence-electron chi connectivity index (χ2n) is 4.72. The summed E-state index contributed by atoms with van der Waals surface area (Å²) in [6.45, 7) is 4.20. The van der Waals surface area contributed by atoms with Crippen LogP contribution < -0.4 is 9.47 Å². The molecule has 2 aliphatic heterocycles. The minimum Gasteiger partial charge on any atom is -0.454 e. The van der Waals surface area contributed by atoms with Crippen molar-refractivity contribution in [1.82, 2.24) is 4.90 Å². The first-order valence-electron chi connectivity index (χ1n) is 6.58. The summed E-state index contributed by atoms with van der Waals surface area (Å²) >= 11 is 0. The van der Waals surface area contributed by atoms with Gasteiger partial charge in [-0.15, -0.1) is 0 Å². The fourth-order valence-corrected chi connectivity index (χ4v) is 2.36. The molecular weight excluding hydrogens is 246 g/mol. The Morgan fingerprint density at radius 1 is 1.37 bits per heavy atom. The van der Waals surface area contributed by atoms with Gasteiger partial charge in [0, 0.05) is 18.7 Å². The lowest BCUT2D eigenvalue weighted by molar-refractivity contribution is -0.0226. The van der Waals surface area contributed by atoms with Crippen molar-refractivity contribution < 1.29 is 19.0 Å². The molecule has 0 N–H and O–H groups in total. The topological polar surface area (TPSA) is 48.0 Å². The van der Waals surface area contributed by atoms with E-state index in [9.17, 15) is 4.79 Å². The molecule has 0 spiro atoms. The maximum absolute atomic E-state index is 12.4. The Balaban J connectivity index is 1.76. The zero-order chi connectivity index (χ0) is 13.2. The predicted molar refractivity (Wildman–Crippen MR) is 68.5 cm³/mol. The van der Waals surface area contributed by atoms with Crippen LogP contribution in [0.1, 0.15) is 23.7 Å². The van der Waals surface area contributed by atoms with E-state index in [2.05, 4.69) is 6.92 Å². The molecule has 1 aromatic rings. The number of benzene rings is 1. The molecule has 1 atom stereocenters. The van der Waals surface area contributed by atoms with Gasteiger partial charge >= 0.3 is 0 Å². The van der Waals surface area contributed by atoms with Gasteiger partial charge in [-0.1, -0.05) is 6.92 Å². The number of hydrogen-bond donors (Lipinski definition) is 0. The van der Waals surface area contributed by atoms with Crippen LogP contribution in [0.5, 0.6) is 11.5 Å². The van der Waals surface area contributed by atoms with Crippen LogP contribution in [0.3, 0.4) is 0 Å². The van der Waals surface area contributed by atoms with E-state index >= 15 is 0 Å². The van der Waals surface area contributed by atoms with Crippen molar-refractivity contribution in [3.8, 4) is 11.5 Å². The summed E-state index contributed by atoms with van der Waals surface area (Å²) in [5.41, 5.74) is 0.640. The Bertz CT molecular complexity index is 488. The van der Waals surface area contributed by atoms with Crippen LogP contribution in [0.4, 0.5) is 0 Å². The fraction of sp³-hybridized carbons (Fsp3) is 0.500. The maximum atomic E-state index is 12.4. The molecule has 0 bridgehead atoms. The van der Waals surface area contributed by atoms with E-state index in [0.29, 0.717) is 36.8 Å². The molecule has 0 aromatic heterocycles. The summed E-state index contributed by atoms with van der Waals surface area (Å²) in [7, 11) is 0. The zero-order valence-electron chi connectivity index (χ0n) is 10.9. The lowest BCUT2D eigenvalue weighted by Crippen LogP contribution is -2.45. The summed E-state index contributed by atoms with van der Waals surface area (Å²) < 4.78 is 16.1. The average Bonchev–Trinajstić information content (AvgIpc) is 2.94. The Morgan fingerprint density at radius 3 is 3.05 bits per heavy atom. The van der Waals surface area contributed by atoms with E-state index in [-0.39, 0.29) is 18.8 Å². The number of fused-ring (bicyclic) bond motifs is 1. The Hall–Kier alpha value is -1.75. The SMILES string of the molecule is CCC1CN(C(=O)c2ccc3c(c2)OCO3)CCO1. The van der Waals surface area contributed by atoms with E-state index in [4.69, 9.17) is 14.2 Å². The Labute approximate surface area is 112 Å². The molecule has 2 aliphatic rings. The summed E-state index contributed by atoms with van der Waals surface area (Å²) in [5, 5.41) is 0. The van der Waals surface area contributed by atoms with E-state index < -0.39 is 0 Å². The highest BCUT2D eigenvalue weighted by Crippen LogP contribution is 2.32. The van der Waals surface area contributed by atoms with Crippen LogP contribution in [0.2, 0.25) is 0 Å². The van der Waals surface area contributed by atoms with Crippen LogP contribution >= 0.6 is 0 Å². The highest BCUT2D eigenvalue weighted by molar-refractivity contribution is 5.95. The Morgan fingerprint density at radius 2 is 2.21 bits per heavy atom. The van der Waals surface area contributed by atoms with Crippen LogP contribution in [0.15, 0.2) is 18.2 Å². The van der Waals surface area contributed by atoms with Crippen molar-refractivity contribution in [2.24, 2.45) is 0 Å². The summed E-state index contributed by atoms with van der Waals surface area (Å²) in [4.78, 5) is 14.3. The number of rotatable bonds is 2. The van der Waals surface area contributed by atoms with Gasteiger partial charge in [-0.2, -0.15) is 0 Å². The number of amides is 1. The molecule has 0 aliphatic carbocycles. The molecule has 0 saturated carbocycles. The normalized spacial score (nSPS) is 21.5. The Kier molecular flexibility index (Phi) is 3.29. The van der Waals surface area contributed by atoms with Crippen molar-refractivity contribution in [2.75, 3.05) is 26.5 Å². The third-order valence-corrected chi connectivity index (χ3v) is 3.50. The number of hydrogen-bond acceptors (Lipinski definition) is 4. The highest BCUT2D eigenvalue weighted by Gasteiger charge is 2.25. The first kappa shape index (κ1) is 12.3. The van der Waals surface area contributed by atoms with E-state index in [1.807, 2.05) is 4.90 Å². The van der Waals surface area contributed by atoms with Crippen molar-refractivity contribution >= 4 is 5.91 Å². The van der Waals surface area contributed by atoms with Gasteiger partial charge in [0.15, 0.2) is 11.5 Å². The summed E-state index contributed by atoms with van der Waals surface area (Å²) in [5.74, 6) is 1.37. The lowest BCUT2D eigenvalue weighted by atomic mass is 10.1. The first-order chi connectivity index (χ1) is 9.28. The molecule has 1 amide bonds. The number of carbonyl (C=O) groups excluding carboxylic acids is 1. The third kappa shape index (κ3) is 2.38. The molecule has 5 nitrogen and oxygen atoms in total. The molecule has 1 unspecified atom stereocenters. The molecule has 3 rings (SSSR count). The average molecular weight is 263 g/mol. The van der Waals surface area contributed by atoms with Gasteiger partial charge in [0.05, 0.1) is 12.7 Å². The van der Waals surface area contributed by atoms with Crippen LogP contribution in [0, 0.1) is 0 Å². The predicted octanol–water partition coefficient (Wildman–Crippen LogP) is 1.67. The maximum Gasteiger partial charge on any atom is 0.254 e. The van der Waals surface area contributed by atoms with Crippen LogP contribution in [-0.2, 0) is 4.74 Å². The van der Waals surface area contributed by atoms with Gasteiger partial charge in [0.25, 0.3) is 5.91 Å². The molecule has 0 radical (unpaired) electrons. The van der Waals surface area contributed by atoms with Crippen LogP contribution in [-0.4, -0.2) is 43.4 Å². The van der Waals surface area contributed by atoms with E-state index in [1.54, 1.807) is 18.2 Å². The van der Waals surface area contributed by atoms with Crippen LogP contribution in [0.25, 0.3) is 0 Å². The number of morpholine rings is 1. The fourth-order valence-electron chi connectivity index (χ4n) is 2.36. The van der Waals surface area contributed by atoms with Crippen molar-refractivity contribution in [1.29, 1.82) is 0 Å². The smallest absolute Gasteiger partial charge is 0.254 e. The summed E-state index contributed by atoms with van der Waals surface area (Å²) in [6, 6.07) is 5.32. The largest absolute Gasteiger partial charge is 0.454 e. The van der Waals surface area contributed by atoms with Crippen molar-refractivity contribution in [3.63, 3.8) is 0 Å². The molecular formula is C14H17NO4. The first-order valence-corrected chi connectivity index (χ1v) is 6.58. The number of carbonyl (C=O) groups is 1. The second kappa shape index (κ2) is 5.09. The van der Waals surface area contributed by atoms with E-state index in [1.165, 1.54) is 0 Å². The van der Waals surface area contributed by atoms with Gasteiger partial charge in [-0.05, 0) is 24.6 Å². The molecule has 1 aromatic carbocycles. The number of ether oxygens (including phenoxy) is 3. The molecule has 102 valence electrons. The van der Waals surface area contributed by atoms with E-state index in [0.717, 1.165) is 6.42 Å². The third-order valence-electron chi connectivity index (χ3n) is 3.50. The zero-order valence-corrected chi connectivity index (χ0v) is 10.9. The minimum absolute atomic E-state index is 0.0278. The van der Waals surface area contributed by atoms with Gasteiger partial charge < -0.3 is 19.1 Å². The van der Waals surface area contributed by atoms with Gasteiger partial charge in [-0.3, -0.25) is 4.79 Å². The standard InChI is InChI=1S/C14H17NO4/c1-2-11-8-15(5-6-17-11)14(16)10-3-4-12-13(7-10)19-9-18-12/h3-4,7,11H,2,5-6,8-9H2,1H3. The lowest BCUT2D eigenvalue weighted by Gasteiger charge is -2.32. The van der Waals surface area contributed by atoms with Gasteiger partial charge in [0.2, 0.25) is 6.79 Å². The second-order valence-corrected chi connectivity index (χ2v) is 4.72. The molecule has 1 fully saturated rings. The monoisotopic (exact) mass is 263 g/mol. The number of nitrogens with zero attached hydrogens (tertiary/aromatic N) is 1.